The Morgan fingerprint density at radius 2 is 2.00 bits per heavy atom. The number of nitrogens with zero attached hydrogens (tertiary/aromatic N) is 1. The molecule has 2 nitrogen and oxygen atoms in total. The summed E-state index contributed by atoms with van der Waals surface area (Å²) in [6.45, 7) is 0.423. The van der Waals surface area contributed by atoms with Crippen LogP contribution >= 0.6 is 15.9 Å². The van der Waals surface area contributed by atoms with E-state index >= 15 is 0 Å². The number of nitrogens with one attached hydrogen (secondary N) is 1. The second-order valence-corrected chi connectivity index (χ2v) is 4.76. The minimum absolute atomic E-state index is 0.0342. The summed E-state index contributed by atoms with van der Waals surface area (Å²) in [5, 5.41) is 2.94. The number of hydrogen-bond acceptors (Lipinski definition) is 2. The van der Waals surface area contributed by atoms with E-state index in [1.807, 2.05) is 6.07 Å². The number of aromatic nitrogens is 1. The lowest BCUT2D eigenvalue weighted by Crippen LogP contribution is -2.07. The Balaban J connectivity index is 2.14. The molecule has 0 aliphatic rings. The fourth-order valence-electron chi connectivity index (χ4n) is 1.56. The average Bonchev–Trinajstić information content (AvgIpc) is 2.37. The Labute approximate surface area is 116 Å². The van der Waals surface area contributed by atoms with Crippen LogP contribution < -0.4 is 5.32 Å². The van der Waals surface area contributed by atoms with E-state index in [-0.39, 0.29) is 4.47 Å². The SMILES string of the molecule is FC(F)(F)c1cc(NCc2cccnc2)ccc1Br. The van der Waals surface area contributed by atoms with Crippen molar-refractivity contribution in [2.24, 2.45) is 0 Å². The van der Waals surface area contributed by atoms with Crippen molar-refractivity contribution >= 4 is 21.6 Å². The molecule has 0 saturated heterocycles. The fourth-order valence-corrected chi connectivity index (χ4v) is 2.03. The van der Waals surface area contributed by atoms with Gasteiger partial charge in [0.1, 0.15) is 0 Å². The maximum absolute atomic E-state index is 12.7. The maximum atomic E-state index is 12.7. The summed E-state index contributed by atoms with van der Waals surface area (Å²) in [5.41, 5.74) is 0.627. The third-order valence-corrected chi connectivity index (χ3v) is 3.18. The Morgan fingerprint density at radius 1 is 1.21 bits per heavy atom. The lowest BCUT2D eigenvalue weighted by Gasteiger charge is -2.12. The maximum Gasteiger partial charge on any atom is 0.417 e. The molecule has 1 aromatic carbocycles. The van der Waals surface area contributed by atoms with Crippen LogP contribution in [0.3, 0.4) is 0 Å². The first-order valence-corrected chi connectivity index (χ1v) is 6.25. The van der Waals surface area contributed by atoms with Gasteiger partial charge in [0.05, 0.1) is 5.56 Å². The monoisotopic (exact) mass is 330 g/mol. The number of pyridine rings is 1. The van der Waals surface area contributed by atoms with E-state index in [1.165, 1.54) is 6.07 Å². The molecule has 0 fully saturated rings. The van der Waals surface area contributed by atoms with E-state index in [4.69, 9.17) is 0 Å². The van der Waals surface area contributed by atoms with Gasteiger partial charge in [0, 0.05) is 29.1 Å². The van der Waals surface area contributed by atoms with Gasteiger partial charge in [0.25, 0.3) is 0 Å². The number of halogens is 4. The first kappa shape index (κ1) is 13.9. The van der Waals surface area contributed by atoms with Crippen LogP contribution in [0.25, 0.3) is 0 Å². The Hall–Kier alpha value is -1.56. The summed E-state index contributed by atoms with van der Waals surface area (Å²) in [5.74, 6) is 0. The van der Waals surface area contributed by atoms with Crippen LogP contribution in [0.2, 0.25) is 0 Å². The molecule has 6 heteroatoms. The highest BCUT2D eigenvalue weighted by atomic mass is 79.9. The molecular weight excluding hydrogens is 321 g/mol. The van der Waals surface area contributed by atoms with Gasteiger partial charge in [-0.05, 0) is 29.8 Å². The molecule has 0 spiro atoms. The zero-order chi connectivity index (χ0) is 13.9. The van der Waals surface area contributed by atoms with Crippen LogP contribution in [0.15, 0.2) is 47.2 Å². The van der Waals surface area contributed by atoms with Gasteiger partial charge in [-0.25, -0.2) is 0 Å². The highest BCUT2D eigenvalue weighted by Gasteiger charge is 2.33. The minimum Gasteiger partial charge on any atom is -0.381 e. The van der Waals surface area contributed by atoms with Gasteiger partial charge in [-0.1, -0.05) is 22.0 Å². The van der Waals surface area contributed by atoms with Crippen molar-refractivity contribution in [3.63, 3.8) is 0 Å². The van der Waals surface area contributed by atoms with E-state index in [9.17, 15) is 13.2 Å². The second-order valence-electron chi connectivity index (χ2n) is 3.91. The van der Waals surface area contributed by atoms with E-state index in [0.717, 1.165) is 11.6 Å². The Kier molecular flexibility index (Phi) is 4.09. The normalized spacial score (nSPS) is 11.4. The summed E-state index contributed by atoms with van der Waals surface area (Å²) in [7, 11) is 0. The quantitative estimate of drug-likeness (QED) is 0.897. The number of rotatable bonds is 3. The largest absolute Gasteiger partial charge is 0.417 e. The predicted octanol–water partition coefficient (Wildman–Crippen LogP) is 4.48. The molecule has 0 atom stereocenters. The Morgan fingerprint density at radius 3 is 2.63 bits per heavy atom. The van der Waals surface area contributed by atoms with Crippen LogP contribution in [-0.2, 0) is 12.7 Å². The van der Waals surface area contributed by atoms with Gasteiger partial charge in [-0.15, -0.1) is 0 Å². The zero-order valence-electron chi connectivity index (χ0n) is 9.71. The zero-order valence-corrected chi connectivity index (χ0v) is 11.3. The summed E-state index contributed by atoms with van der Waals surface area (Å²) >= 11 is 2.90. The summed E-state index contributed by atoms with van der Waals surface area (Å²) in [4.78, 5) is 3.94. The van der Waals surface area contributed by atoms with Crippen molar-refractivity contribution in [3.8, 4) is 0 Å². The molecule has 0 aliphatic heterocycles. The van der Waals surface area contributed by atoms with Crippen LogP contribution in [0.4, 0.5) is 18.9 Å². The smallest absolute Gasteiger partial charge is 0.381 e. The van der Waals surface area contributed by atoms with Gasteiger partial charge >= 0.3 is 6.18 Å². The van der Waals surface area contributed by atoms with Gasteiger partial charge in [0.2, 0.25) is 0 Å². The first-order valence-electron chi connectivity index (χ1n) is 5.46. The predicted molar refractivity (Wildman–Crippen MR) is 70.7 cm³/mol. The van der Waals surface area contributed by atoms with Crippen molar-refractivity contribution in [2.75, 3.05) is 5.32 Å². The van der Waals surface area contributed by atoms with E-state index in [1.54, 1.807) is 24.5 Å². The van der Waals surface area contributed by atoms with E-state index in [0.29, 0.717) is 12.2 Å². The van der Waals surface area contributed by atoms with Gasteiger partial charge in [-0.3, -0.25) is 4.98 Å². The Bertz CT molecular complexity index is 556. The van der Waals surface area contributed by atoms with E-state index in [2.05, 4.69) is 26.2 Å². The average molecular weight is 331 g/mol. The molecule has 0 amide bonds. The number of hydrogen-bond donors (Lipinski definition) is 1. The first-order chi connectivity index (χ1) is 8.97. The minimum atomic E-state index is -4.37. The van der Waals surface area contributed by atoms with Crippen LogP contribution in [-0.4, -0.2) is 4.98 Å². The number of anilines is 1. The third kappa shape index (κ3) is 3.70. The van der Waals surface area contributed by atoms with Crippen molar-refractivity contribution in [1.82, 2.24) is 4.98 Å². The summed E-state index contributed by atoms with van der Waals surface area (Å²) in [6.07, 6.45) is -1.06. The van der Waals surface area contributed by atoms with Crippen LogP contribution in [0, 0.1) is 0 Å². The summed E-state index contributed by atoms with van der Waals surface area (Å²) in [6, 6.07) is 7.69. The molecule has 0 radical (unpaired) electrons. The highest BCUT2D eigenvalue weighted by Crippen LogP contribution is 2.36. The molecule has 2 rings (SSSR count). The lowest BCUT2D eigenvalue weighted by atomic mass is 10.2. The van der Waals surface area contributed by atoms with Crippen molar-refractivity contribution in [2.45, 2.75) is 12.7 Å². The van der Waals surface area contributed by atoms with Crippen molar-refractivity contribution in [1.29, 1.82) is 0 Å². The molecule has 100 valence electrons. The third-order valence-electron chi connectivity index (χ3n) is 2.49. The number of benzene rings is 1. The van der Waals surface area contributed by atoms with Gasteiger partial charge in [0.15, 0.2) is 0 Å². The second kappa shape index (κ2) is 5.61. The standard InChI is InChI=1S/C13H10BrF3N2/c14-12-4-3-10(6-11(12)13(15,16)17)19-8-9-2-1-5-18-7-9/h1-7,19H,8H2. The van der Waals surface area contributed by atoms with Crippen molar-refractivity contribution in [3.05, 3.63) is 58.3 Å². The topological polar surface area (TPSA) is 24.9 Å². The molecule has 0 saturated carbocycles. The van der Waals surface area contributed by atoms with Crippen molar-refractivity contribution < 1.29 is 13.2 Å². The molecule has 19 heavy (non-hydrogen) atoms. The van der Waals surface area contributed by atoms with Gasteiger partial charge < -0.3 is 5.32 Å². The molecular formula is C13H10BrF3N2. The molecule has 1 heterocycles. The summed E-state index contributed by atoms with van der Waals surface area (Å²) < 4.78 is 38.2. The molecule has 1 aromatic heterocycles. The van der Waals surface area contributed by atoms with E-state index < -0.39 is 11.7 Å². The molecule has 1 N–H and O–H groups in total. The lowest BCUT2D eigenvalue weighted by molar-refractivity contribution is -0.138. The molecule has 2 aromatic rings. The number of alkyl halides is 3. The van der Waals surface area contributed by atoms with Crippen LogP contribution in [0.5, 0.6) is 0 Å². The van der Waals surface area contributed by atoms with Gasteiger partial charge in [-0.2, -0.15) is 13.2 Å². The fraction of sp³-hybridized carbons (Fsp3) is 0.154. The molecule has 0 unspecified atom stereocenters. The highest BCUT2D eigenvalue weighted by molar-refractivity contribution is 9.10. The molecule has 0 bridgehead atoms. The molecule has 0 aliphatic carbocycles. The van der Waals surface area contributed by atoms with Crippen LogP contribution in [0.1, 0.15) is 11.1 Å².